The lowest BCUT2D eigenvalue weighted by molar-refractivity contribution is -0.180. The van der Waals surface area contributed by atoms with Crippen molar-refractivity contribution < 1.29 is 28.5 Å². The molecule has 7 heteroatoms. The van der Waals surface area contributed by atoms with Crippen LogP contribution in [0.3, 0.4) is 0 Å². The van der Waals surface area contributed by atoms with Gasteiger partial charge in [0, 0.05) is 32.2 Å². The fraction of sp³-hybridized carbons (Fsp3) is 0.854. The molecule has 0 saturated carbocycles. The number of allylic oxidation sites excluding steroid dienone is 1. The Kier molecular flexibility index (Phi) is 32.5. The zero-order chi connectivity index (χ0) is 40.2. The molecule has 0 aliphatic carbocycles. The smallest absolute Gasteiger partial charge is 0.305 e. The highest BCUT2D eigenvalue weighted by molar-refractivity contribution is 5.69. The van der Waals surface area contributed by atoms with Gasteiger partial charge in [0.15, 0.2) is 5.79 Å². The topological polar surface area (TPSA) is 74.3 Å². The molecular formula is C48H85NO6. The van der Waals surface area contributed by atoms with Gasteiger partial charge in [-0.3, -0.25) is 9.59 Å². The van der Waals surface area contributed by atoms with Crippen molar-refractivity contribution in [1.29, 1.82) is 0 Å². The van der Waals surface area contributed by atoms with Crippen molar-refractivity contribution in [3.63, 3.8) is 0 Å². The van der Waals surface area contributed by atoms with Crippen LogP contribution in [0.4, 0.5) is 0 Å². The molecule has 0 aromatic heterocycles. The molecule has 0 bridgehead atoms. The van der Waals surface area contributed by atoms with Gasteiger partial charge in [-0.25, -0.2) is 0 Å². The zero-order valence-corrected chi connectivity index (χ0v) is 36.5. The molecule has 0 N–H and O–H groups in total. The van der Waals surface area contributed by atoms with Crippen molar-refractivity contribution in [3.05, 3.63) is 29.8 Å². The Morgan fingerprint density at radius 1 is 0.727 bits per heavy atom. The van der Waals surface area contributed by atoms with Gasteiger partial charge in [0.25, 0.3) is 0 Å². The van der Waals surface area contributed by atoms with E-state index in [1.807, 2.05) is 6.08 Å². The van der Waals surface area contributed by atoms with Crippen molar-refractivity contribution in [2.75, 3.05) is 40.5 Å². The summed E-state index contributed by atoms with van der Waals surface area (Å²) >= 11 is 0. The van der Waals surface area contributed by atoms with Gasteiger partial charge in [-0.15, -0.1) is 0 Å². The van der Waals surface area contributed by atoms with Gasteiger partial charge in [-0.05, 0) is 89.3 Å². The van der Waals surface area contributed by atoms with Gasteiger partial charge in [0.1, 0.15) is 0 Å². The van der Waals surface area contributed by atoms with Crippen molar-refractivity contribution in [3.8, 4) is 0 Å². The third kappa shape index (κ3) is 29.8. The molecule has 1 heterocycles. The van der Waals surface area contributed by atoms with Gasteiger partial charge in [-0.2, -0.15) is 0 Å². The Morgan fingerprint density at radius 2 is 1.24 bits per heavy atom. The Balaban J connectivity index is 2.19. The van der Waals surface area contributed by atoms with Gasteiger partial charge in [-0.1, -0.05) is 141 Å². The minimum absolute atomic E-state index is 0.0253. The predicted octanol–water partition coefficient (Wildman–Crippen LogP) is 12.6. The van der Waals surface area contributed by atoms with Crippen LogP contribution < -0.4 is 0 Å². The Morgan fingerprint density at radius 3 is 1.76 bits per heavy atom. The molecule has 1 aliphatic rings. The molecule has 0 aromatic rings. The number of likely N-dealkylation sites (N-methyl/N-ethyl adjacent to an activating group) is 1. The molecule has 0 spiro atoms. The fourth-order valence-electron chi connectivity index (χ4n) is 7.50. The number of esters is 2. The minimum atomic E-state index is -0.431. The van der Waals surface area contributed by atoms with E-state index < -0.39 is 5.79 Å². The first kappa shape index (κ1) is 50.9. The molecule has 1 rings (SSSR count). The summed E-state index contributed by atoms with van der Waals surface area (Å²) in [5.74, 6) is 0.458. The Labute approximate surface area is 339 Å². The first-order chi connectivity index (χ1) is 26.7. The van der Waals surface area contributed by atoms with Gasteiger partial charge >= 0.3 is 11.9 Å². The highest BCUT2D eigenvalue weighted by Gasteiger charge is 2.40. The van der Waals surface area contributed by atoms with Crippen LogP contribution in [0.2, 0.25) is 0 Å². The summed E-state index contributed by atoms with van der Waals surface area (Å²) in [5, 5.41) is 0. The van der Waals surface area contributed by atoms with E-state index in [0.29, 0.717) is 44.5 Å². The van der Waals surface area contributed by atoms with Crippen LogP contribution in [-0.4, -0.2) is 69.2 Å². The molecule has 1 saturated heterocycles. The second kappa shape index (κ2) is 35.1. The summed E-state index contributed by atoms with van der Waals surface area (Å²) in [6.45, 7) is 12.9. The Hall–Kier alpha value is -2.10. The highest BCUT2D eigenvalue weighted by Crippen LogP contribution is 2.35. The third-order valence-electron chi connectivity index (χ3n) is 10.9. The number of hydrogen-bond donors (Lipinski definition) is 0. The number of carbonyl (C=O) groups is 2. The molecule has 4 atom stereocenters. The number of unbranched alkanes of at least 4 members (excludes halogenated alkanes) is 16. The van der Waals surface area contributed by atoms with Crippen LogP contribution in [-0.2, 0) is 28.5 Å². The SMILES string of the molecule is C=C=C=C=CC(CCCCC)CCOC(=O)CCCCCCCCCC1(CCCCCCCCCC(=O)OCCC(C)CCCCC)OCC(CN(C)C)O1. The van der Waals surface area contributed by atoms with E-state index in [-0.39, 0.29) is 18.0 Å². The van der Waals surface area contributed by atoms with E-state index in [1.54, 1.807) is 0 Å². The monoisotopic (exact) mass is 772 g/mol. The second-order valence-corrected chi connectivity index (χ2v) is 16.7. The van der Waals surface area contributed by atoms with E-state index >= 15 is 0 Å². The first-order valence-corrected chi connectivity index (χ1v) is 22.9. The maximum atomic E-state index is 12.3. The number of hydrogen-bond acceptors (Lipinski definition) is 7. The van der Waals surface area contributed by atoms with Gasteiger partial charge in [0.05, 0.1) is 25.9 Å². The van der Waals surface area contributed by atoms with E-state index in [2.05, 4.69) is 63.5 Å². The molecule has 7 nitrogen and oxygen atoms in total. The summed E-state index contributed by atoms with van der Waals surface area (Å²) in [6.07, 6.45) is 32.5. The molecule has 318 valence electrons. The summed E-state index contributed by atoms with van der Waals surface area (Å²) < 4.78 is 24.1. The average molecular weight is 772 g/mol. The predicted molar refractivity (Wildman–Crippen MR) is 228 cm³/mol. The van der Waals surface area contributed by atoms with E-state index in [1.165, 1.54) is 89.9 Å². The highest BCUT2D eigenvalue weighted by atomic mass is 16.7. The van der Waals surface area contributed by atoms with Crippen LogP contribution in [0.25, 0.3) is 0 Å². The van der Waals surface area contributed by atoms with Crippen molar-refractivity contribution in [2.45, 2.75) is 212 Å². The zero-order valence-electron chi connectivity index (χ0n) is 36.5. The maximum absolute atomic E-state index is 12.3. The Bertz CT molecular complexity index is 1070. The standard InChI is InChI=1S/C48H85NO6/c1-7-10-23-30-43(4)35-39-52-46(50)33-26-19-15-13-17-21-28-37-48(54-42-45(55-48)41-49(5)6)38-29-22-18-14-16-20-27-34-47(51)53-40-36-44(31-24-11-8-2)32-25-12-9-3/h31,43-45H,2,7,9-10,12-23,25-30,32-42H2,1,3-6H3. The summed E-state index contributed by atoms with van der Waals surface area (Å²) in [5.41, 5.74) is 8.39. The first-order valence-electron chi connectivity index (χ1n) is 22.9. The number of ether oxygens (including phenoxy) is 4. The van der Waals surface area contributed by atoms with E-state index in [0.717, 1.165) is 83.6 Å². The molecule has 1 fully saturated rings. The number of carbonyl (C=O) groups excluding carboxylic acids is 2. The van der Waals surface area contributed by atoms with Crippen molar-refractivity contribution in [2.24, 2.45) is 11.8 Å². The van der Waals surface area contributed by atoms with Crippen molar-refractivity contribution >= 4 is 11.9 Å². The molecule has 0 aromatic carbocycles. The average Bonchev–Trinajstić information content (AvgIpc) is 3.55. The summed E-state index contributed by atoms with van der Waals surface area (Å²) in [7, 11) is 4.19. The minimum Gasteiger partial charge on any atom is -0.466 e. The molecular weight excluding hydrogens is 687 g/mol. The normalized spacial score (nSPS) is 17.7. The fourth-order valence-corrected chi connectivity index (χ4v) is 7.50. The molecule has 4 unspecified atom stereocenters. The lowest BCUT2D eigenvalue weighted by atomic mass is 9.98. The molecule has 55 heavy (non-hydrogen) atoms. The van der Waals surface area contributed by atoms with Crippen molar-refractivity contribution in [1.82, 2.24) is 4.90 Å². The molecule has 0 amide bonds. The number of rotatable bonds is 37. The van der Waals surface area contributed by atoms with E-state index in [9.17, 15) is 9.59 Å². The summed E-state index contributed by atoms with van der Waals surface area (Å²) in [6, 6.07) is 0. The lowest BCUT2D eigenvalue weighted by Gasteiger charge is -2.29. The third-order valence-corrected chi connectivity index (χ3v) is 10.9. The van der Waals surface area contributed by atoms with Crippen LogP contribution in [0.15, 0.2) is 29.8 Å². The number of nitrogens with zero attached hydrogens (tertiary/aromatic N) is 1. The van der Waals surface area contributed by atoms with E-state index in [4.69, 9.17) is 18.9 Å². The lowest BCUT2D eigenvalue weighted by Crippen LogP contribution is -2.33. The maximum Gasteiger partial charge on any atom is 0.305 e. The molecule has 0 radical (unpaired) electrons. The quantitative estimate of drug-likeness (QED) is 0.0354. The van der Waals surface area contributed by atoms with Crippen LogP contribution >= 0.6 is 0 Å². The van der Waals surface area contributed by atoms with Gasteiger partial charge < -0.3 is 23.8 Å². The van der Waals surface area contributed by atoms with Crippen LogP contribution in [0.1, 0.15) is 201 Å². The summed E-state index contributed by atoms with van der Waals surface area (Å²) in [4.78, 5) is 26.6. The van der Waals surface area contributed by atoms with Crippen LogP contribution in [0, 0.1) is 11.8 Å². The van der Waals surface area contributed by atoms with Crippen LogP contribution in [0.5, 0.6) is 0 Å². The largest absolute Gasteiger partial charge is 0.466 e. The molecule has 1 aliphatic heterocycles. The van der Waals surface area contributed by atoms with Gasteiger partial charge in [0.2, 0.25) is 0 Å². The second-order valence-electron chi connectivity index (χ2n) is 16.7.